The minimum absolute atomic E-state index is 0.159. The van der Waals surface area contributed by atoms with Crippen LogP contribution in [-0.4, -0.2) is 64.7 Å². The first-order valence-corrected chi connectivity index (χ1v) is 20.4. The molecule has 1 N–H and O–H groups in total. The molecule has 3 fully saturated rings. The molecule has 0 amide bonds. The van der Waals surface area contributed by atoms with Crippen molar-refractivity contribution in [2.24, 2.45) is 17.8 Å². The number of carboxylic acids is 1. The van der Waals surface area contributed by atoms with E-state index in [4.69, 9.17) is 25.8 Å². The molecule has 7 rings (SSSR count). The van der Waals surface area contributed by atoms with E-state index in [-0.39, 0.29) is 19.1 Å². The van der Waals surface area contributed by atoms with Crippen LogP contribution >= 0.6 is 11.6 Å². The molecule has 11 heteroatoms. The third-order valence-corrected chi connectivity index (χ3v) is 12.3. The molecule has 3 heterocycles. The van der Waals surface area contributed by atoms with E-state index in [1.165, 1.54) is 6.20 Å². The van der Waals surface area contributed by atoms with Gasteiger partial charge in [-0.2, -0.15) is 10.5 Å². The summed E-state index contributed by atoms with van der Waals surface area (Å²) >= 11 is 6.88. The number of piperidine rings is 1. The molecule has 57 heavy (non-hydrogen) atoms. The molecule has 0 spiro atoms. The van der Waals surface area contributed by atoms with Crippen molar-refractivity contribution in [2.75, 3.05) is 32.8 Å². The van der Waals surface area contributed by atoms with Crippen molar-refractivity contribution >= 4 is 17.6 Å². The summed E-state index contributed by atoms with van der Waals surface area (Å²) in [6, 6.07) is 21.8. The van der Waals surface area contributed by atoms with E-state index in [0.717, 1.165) is 96.4 Å². The van der Waals surface area contributed by atoms with Crippen molar-refractivity contribution in [3.63, 3.8) is 0 Å². The third kappa shape index (κ3) is 9.54. The van der Waals surface area contributed by atoms with Crippen LogP contribution in [0.25, 0.3) is 11.1 Å². The SMILES string of the molecule is Cc1c(COc2cc(OCc3cncc(C#N)c3)c(CN3CCCC[C@H]3C(=O)O)cc2Cl)cccc1-c1cccc(OCCCN2CC3CC(C#N)CC3C2)c1C. The van der Waals surface area contributed by atoms with E-state index in [1.54, 1.807) is 18.3 Å². The number of carboxylic acid groups (broad SMARTS) is 1. The van der Waals surface area contributed by atoms with Crippen LogP contribution in [0.4, 0.5) is 0 Å². The number of halogens is 1. The van der Waals surface area contributed by atoms with Crippen molar-refractivity contribution in [1.29, 1.82) is 10.5 Å². The molecule has 10 nitrogen and oxygen atoms in total. The van der Waals surface area contributed by atoms with Gasteiger partial charge in [-0.25, -0.2) is 0 Å². The number of nitrogens with zero attached hydrogens (tertiary/aromatic N) is 5. The zero-order valence-electron chi connectivity index (χ0n) is 32.8. The topological polar surface area (TPSA) is 132 Å². The number of benzene rings is 3. The summed E-state index contributed by atoms with van der Waals surface area (Å²) in [4.78, 5) is 20.8. The van der Waals surface area contributed by atoms with Gasteiger partial charge in [0, 0.05) is 61.7 Å². The molecule has 0 bridgehead atoms. The summed E-state index contributed by atoms with van der Waals surface area (Å²) in [6.45, 7) is 9.53. The summed E-state index contributed by atoms with van der Waals surface area (Å²) < 4.78 is 19.1. The molecule has 3 aromatic carbocycles. The monoisotopic (exact) mass is 787 g/mol. The lowest BCUT2D eigenvalue weighted by molar-refractivity contribution is -0.144. The summed E-state index contributed by atoms with van der Waals surface area (Å²) in [5.41, 5.74) is 7.33. The standard InChI is InChI=1S/C46H50ClN5O5/c1-30-35(8-5-9-39(30)40-10-6-12-43(31(40)2)55-15-7-13-51-25-36-17-32(21-48)18-37(36)26-51)29-57-45-20-44(56-28-34-16-33(22-49)23-50-24-34)38(19-41(45)47)27-52-14-4-3-11-42(52)46(53)54/h5-6,8-10,12,16,19-20,23-24,32,36-37,42H,3-4,7,11,13-15,17-18,25-29H2,1-2H3,(H,53,54)/t32?,36?,37?,42-/m0/s1. The van der Waals surface area contributed by atoms with Crippen LogP contribution in [0.5, 0.6) is 17.2 Å². The fourth-order valence-electron chi connectivity index (χ4n) is 8.92. The van der Waals surface area contributed by atoms with Gasteiger partial charge in [-0.15, -0.1) is 0 Å². The highest BCUT2D eigenvalue weighted by atomic mass is 35.5. The Morgan fingerprint density at radius 1 is 0.895 bits per heavy atom. The second-order valence-electron chi connectivity index (χ2n) is 15.8. The van der Waals surface area contributed by atoms with Crippen molar-refractivity contribution in [3.05, 3.63) is 105 Å². The number of hydrogen-bond donors (Lipinski definition) is 1. The van der Waals surface area contributed by atoms with Crippen LogP contribution in [0.3, 0.4) is 0 Å². The number of ether oxygens (including phenoxy) is 3. The number of carbonyl (C=O) groups is 1. The van der Waals surface area contributed by atoms with Gasteiger partial charge in [0.15, 0.2) is 0 Å². The Bertz CT molecular complexity index is 2150. The van der Waals surface area contributed by atoms with Gasteiger partial charge in [-0.05, 0) is 110 Å². The summed E-state index contributed by atoms with van der Waals surface area (Å²) in [5.74, 6) is 2.64. The molecule has 0 radical (unpaired) electrons. The molecule has 296 valence electrons. The predicted octanol–water partition coefficient (Wildman–Crippen LogP) is 8.74. The van der Waals surface area contributed by atoms with E-state index in [1.807, 2.05) is 29.2 Å². The average Bonchev–Trinajstić information content (AvgIpc) is 3.79. The second-order valence-corrected chi connectivity index (χ2v) is 16.2. The highest BCUT2D eigenvalue weighted by Gasteiger charge is 2.40. The Hall–Kier alpha value is -5.13. The lowest BCUT2D eigenvalue weighted by Crippen LogP contribution is -2.44. The van der Waals surface area contributed by atoms with E-state index >= 15 is 0 Å². The first kappa shape index (κ1) is 40.1. The van der Waals surface area contributed by atoms with Crippen LogP contribution in [0, 0.1) is 54.3 Å². The molecule has 1 aromatic heterocycles. The first-order chi connectivity index (χ1) is 27.7. The van der Waals surface area contributed by atoms with Gasteiger partial charge >= 0.3 is 5.97 Å². The van der Waals surface area contributed by atoms with Crippen LogP contribution in [0.1, 0.15) is 71.9 Å². The summed E-state index contributed by atoms with van der Waals surface area (Å²) in [5, 5.41) is 29.0. The molecule has 1 aliphatic carbocycles. The first-order valence-electron chi connectivity index (χ1n) is 20.0. The number of aromatic nitrogens is 1. The molecule has 2 unspecified atom stereocenters. The lowest BCUT2D eigenvalue weighted by atomic mass is 9.93. The third-order valence-electron chi connectivity index (χ3n) is 12.0. The molecule has 3 atom stereocenters. The molecule has 3 aliphatic rings. The van der Waals surface area contributed by atoms with Gasteiger partial charge in [0.2, 0.25) is 0 Å². The highest BCUT2D eigenvalue weighted by Crippen LogP contribution is 2.41. The average molecular weight is 788 g/mol. The zero-order valence-corrected chi connectivity index (χ0v) is 33.5. The maximum absolute atomic E-state index is 12.1. The van der Waals surface area contributed by atoms with Crippen molar-refractivity contribution < 1.29 is 24.1 Å². The zero-order chi connectivity index (χ0) is 39.9. The number of nitriles is 2. The van der Waals surface area contributed by atoms with Gasteiger partial charge in [0.1, 0.15) is 42.6 Å². The van der Waals surface area contributed by atoms with Crippen LogP contribution in [0.15, 0.2) is 67.0 Å². The molecule has 2 saturated heterocycles. The fraction of sp³-hybridized carbons (Fsp3) is 0.435. The molecular weight excluding hydrogens is 738 g/mol. The Labute approximate surface area is 340 Å². The Kier molecular flexibility index (Phi) is 13.0. The molecule has 4 aromatic rings. The van der Waals surface area contributed by atoms with Gasteiger partial charge in [-0.3, -0.25) is 14.7 Å². The normalized spacial score (nSPS) is 20.7. The maximum Gasteiger partial charge on any atom is 0.320 e. The Balaban J connectivity index is 1.03. The van der Waals surface area contributed by atoms with Crippen molar-refractivity contribution in [3.8, 4) is 40.5 Å². The largest absolute Gasteiger partial charge is 0.493 e. The van der Waals surface area contributed by atoms with Crippen LogP contribution in [0.2, 0.25) is 5.02 Å². The number of rotatable bonds is 15. The molecule has 1 saturated carbocycles. The van der Waals surface area contributed by atoms with Crippen molar-refractivity contribution in [2.45, 2.75) is 78.2 Å². The van der Waals surface area contributed by atoms with Gasteiger partial charge in [0.05, 0.1) is 23.3 Å². The van der Waals surface area contributed by atoms with E-state index < -0.39 is 12.0 Å². The predicted molar refractivity (Wildman–Crippen MR) is 218 cm³/mol. The Morgan fingerprint density at radius 3 is 2.40 bits per heavy atom. The maximum atomic E-state index is 12.1. The molecule has 2 aliphatic heterocycles. The minimum Gasteiger partial charge on any atom is -0.493 e. The fourth-order valence-corrected chi connectivity index (χ4v) is 9.16. The Morgan fingerprint density at radius 2 is 1.65 bits per heavy atom. The molecular formula is C46H50ClN5O5. The number of aliphatic carboxylic acids is 1. The number of hydrogen-bond acceptors (Lipinski definition) is 9. The lowest BCUT2D eigenvalue weighted by Gasteiger charge is -2.33. The minimum atomic E-state index is -0.832. The quantitative estimate of drug-likeness (QED) is 0.117. The van der Waals surface area contributed by atoms with E-state index in [9.17, 15) is 20.4 Å². The summed E-state index contributed by atoms with van der Waals surface area (Å²) in [7, 11) is 0. The van der Waals surface area contributed by atoms with Crippen LogP contribution in [-0.2, 0) is 24.6 Å². The smallest absolute Gasteiger partial charge is 0.320 e. The summed E-state index contributed by atoms with van der Waals surface area (Å²) in [6.07, 6.45) is 8.61. The van der Waals surface area contributed by atoms with Gasteiger partial charge in [0.25, 0.3) is 0 Å². The van der Waals surface area contributed by atoms with Crippen LogP contribution < -0.4 is 14.2 Å². The number of fused-ring (bicyclic) bond motifs is 1. The highest BCUT2D eigenvalue weighted by molar-refractivity contribution is 6.32. The van der Waals surface area contributed by atoms with Gasteiger partial charge < -0.3 is 24.2 Å². The van der Waals surface area contributed by atoms with E-state index in [2.05, 4.69) is 54.1 Å². The van der Waals surface area contributed by atoms with Crippen molar-refractivity contribution in [1.82, 2.24) is 14.8 Å². The second kappa shape index (κ2) is 18.4. The number of likely N-dealkylation sites (tertiary alicyclic amines) is 2. The number of pyridine rings is 1. The van der Waals surface area contributed by atoms with Gasteiger partial charge in [-0.1, -0.05) is 48.4 Å². The van der Waals surface area contributed by atoms with E-state index in [0.29, 0.717) is 60.0 Å².